The number of sulfonamides is 1. The number of hydrogen-bond acceptors (Lipinski definition) is 4. The van der Waals surface area contributed by atoms with Crippen molar-refractivity contribution < 1.29 is 22.4 Å². The zero-order chi connectivity index (χ0) is 27.2. The normalized spacial score (nSPS) is 12.0. The van der Waals surface area contributed by atoms with Gasteiger partial charge in [0, 0.05) is 13.1 Å². The lowest BCUT2D eigenvalue weighted by Crippen LogP contribution is -2.51. The van der Waals surface area contributed by atoms with Gasteiger partial charge in [-0.2, -0.15) is 0 Å². The first-order valence-electron chi connectivity index (χ1n) is 12.0. The summed E-state index contributed by atoms with van der Waals surface area (Å²) in [4.78, 5) is 27.7. The molecular formula is C28H32FN3O4S. The van der Waals surface area contributed by atoms with Crippen molar-refractivity contribution in [1.29, 1.82) is 0 Å². The smallest absolute Gasteiger partial charge is 0.264 e. The minimum Gasteiger partial charge on any atom is -0.355 e. The first-order chi connectivity index (χ1) is 17.5. The minimum absolute atomic E-state index is 0.122. The summed E-state index contributed by atoms with van der Waals surface area (Å²) in [5.74, 6) is -1.46. The Kier molecular flexibility index (Phi) is 9.04. The van der Waals surface area contributed by atoms with E-state index in [0.717, 1.165) is 45.3 Å². The fourth-order valence-electron chi connectivity index (χ4n) is 3.89. The average molecular weight is 526 g/mol. The number of carbonyl (C=O) groups is 2. The van der Waals surface area contributed by atoms with E-state index in [9.17, 15) is 22.4 Å². The monoisotopic (exact) mass is 525 g/mol. The molecule has 1 N–H and O–H groups in total. The van der Waals surface area contributed by atoms with Crippen LogP contribution in [0.2, 0.25) is 0 Å². The zero-order valence-corrected chi connectivity index (χ0v) is 22.3. The highest BCUT2D eigenvalue weighted by Gasteiger charge is 2.32. The number of nitrogens with zero attached hydrogens (tertiary/aromatic N) is 2. The maximum Gasteiger partial charge on any atom is 0.264 e. The lowest BCUT2D eigenvalue weighted by atomic mass is 10.1. The van der Waals surface area contributed by atoms with Gasteiger partial charge in [0.2, 0.25) is 11.8 Å². The van der Waals surface area contributed by atoms with Gasteiger partial charge in [-0.3, -0.25) is 13.9 Å². The maximum atomic E-state index is 13.7. The molecule has 2 amide bonds. The molecule has 0 radical (unpaired) electrons. The third-order valence-corrected chi connectivity index (χ3v) is 7.74. The molecule has 3 rings (SSSR count). The van der Waals surface area contributed by atoms with E-state index in [0.29, 0.717) is 6.54 Å². The number of likely N-dealkylation sites (N-methyl/N-ethyl adjacent to an activating group) is 1. The molecule has 0 aromatic heterocycles. The summed E-state index contributed by atoms with van der Waals surface area (Å²) in [7, 11) is -4.23. The van der Waals surface area contributed by atoms with Gasteiger partial charge in [-0.25, -0.2) is 12.8 Å². The van der Waals surface area contributed by atoms with Gasteiger partial charge >= 0.3 is 0 Å². The molecule has 0 fully saturated rings. The molecule has 3 aromatic carbocycles. The van der Waals surface area contributed by atoms with Crippen molar-refractivity contribution in [3.05, 3.63) is 95.3 Å². The number of anilines is 1. The summed E-state index contributed by atoms with van der Waals surface area (Å²) < 4.78 is 41.8. The van der Waals surface area contributed by atoms with Crippen molar-refractivity contribution in [2.45, 2.75) is 45.2 Å². The maximum absolute atomic E-state index is 13.7. The highest BCUT2D eigenvalue weighted by molar-refractivity contribution is 7.92. The van der Waals surface area contributed by atoms with Gasteiger partial charge in [0.1, 0.15) is 18.4 Å². The van der Waals surface area contributed by atoms with E-state index < -0.39 is 34.3 Å². The second kappa shape index (κ2) is 12.0. The number of rotatable bonds is 10. The van der Waals surface area contributed by atoms with Crippen LogP contribution in [-0.4, -0.2) is 44.3 Å². The summed E-state index contributed by atoms with van der Waals surface area (Å²) in [6.07, 6.45) is 0. The van der Waals surface area contributed by atoms with Gasteiger partial charge in [0.15, 0.2) is 0 Å². The largest absolute Gasteiger partial charge is 0.355 e. The van der Waals surface area contributed by atoms with Crippen LogP contribution in [0.3, 0.4) is 0 Å². The molecule has 0 bridgehead atoms. The van der Waals surface area contributed by atoms with E-state index in [-0.39, 0.29) is 23.0 Å². The van der Waals surface area contributed by atoms with E-state index in [1.54, 1.807) is 38.1 Å². The zero-order valence-electron chi connectivity index (χ0n) is 21.4. The number of amides is 2. The lowest BCUT2D eigenvalue weighted by Gasteiger charge is -2.32. The van der Waals surface area contributed by atoms with Gasteiger partial charge in [-0.15, -0.1) is 0 Å². The van der Waals surface area contributed by atoms with Gasteiger partial charge in [0.05, 0.1) is 10.6 Å². The highest BCUT2D eigenvalue weighted by Crippen LogP contribution is 2.25. The molecule has 0 saturated carbocycles. The van der Waals surface area contributed by atoms with Gasteiger partial charge in [-0.05, 0) is 69.7 Å². The molecule has 0 aliphatic carbocycles. The molecule has 37 heavy (non-hydrogen) atoms. The van der Waals surface area contributed by atoms with E-state index >= 15 is 0 Å². The summed E-state index contributed by atoms with van der Waals surface area (Å²) in [5.41, 5.74) is 3.01. The van der Waals surface area contributed by atoms with Crippen molar-refractivity contribution in [3.8, 4) is 0 Å². The van der Waals surface area contributed by atoms with Gasteiger partial charge < -0.3 is 10.2 Å². The fraction of sp³-hybridized carbons (Fsp3) is 0.286. The number of carbonyl (C=O) groups excluding carboxylic acids is 2. The third kappa shape index (κ3) is 6.95. The Balaban J connectivity index is 2.02. The molecule has 9 heteroatoms. The molecule has 196 valence electrons. The van der Waals surface area contributed by atoms with E-state index in [4.69, 9.17) is 0 Å². The van der Waals surface area contributed by atoms with Crippen molar-refractivity contribution in [1.82, 2.24) is 10.2 Å². The van der Waals surface area contributed by atoms with Crippen LogP contribution in [0.25, 0.3) is 0 Å². The number of aryl methyl sites for hydroxylation is 2. The Bertz CT molecular complexity index is 1340. The SMILES string of the molecule is CCNC(=O)C(C)N(Cc1cccc(C)c1)C(=O)CN(c1ccc(C)cc1)S(=O)(=O)c1ccc(F)cc1. The number of benzene rings is 3. The van der Waals surface area contributed by atoms with Crippen LogP contribution in [0.1, 0.15) is 30.5 Å². The van der Waals surface area contributed by atoms with Crippen molar-refractivity contribution >= 4 is 27.5 Å². The quantitative estimate of drug-likeness (QED) is 0.430. The summed E-state index contributed by atoms with van der Waals surface area (Å²) in [6, 6.07) is 17.9. The molecule has 0 aliphatic rings. The Labute approximate surface area is 218 Å². The lowest BCUT2D eigenvalue weighted by molar-refractivity contribution is -0.139. The number of halogens is 1. The van der Waals surface area contributed by atoms with Crippen LogP contribution in [-0.2, 0) is 26.2 Å². The molecule has 3 aromatic rings. The van der Waals surface area contributed by atoms with Crippen molar-refractivity contribution in [3.63, 3.8) is 0 Å². The second-order valence-electron chi connectivity index (χ2n) is 8.88. The van der Waals surface area contributed by atoms with Crippen LogP contribution in [0.4, 0.5) is 10.1 Å². The van der Waals surface area contributed by atoms with Crippen molar-refractivity contribution in [2.75, 3.05) is 17.4 Å². The Morgan fingerprint density at radius 1 is 0.946 bits per heavy atom. The standard InChI is InChI=1S/C28H32FN3O4S/c1-5-30-28(34)22(4)31(18-23-8-6-7-21(3)17-23)27(33)19-32(25-13-9-20(2)10-14-25)37(35,36)26-15-11-24(29)12-16-26/h6-17,22H,5,18-19H2,1-4H3,(H,30,34). The van der Waals surface area contributed by atoms with Crippen molar-refractivity contribution in [2.24, 2.45) is 0 Å². The van der Waals surface area contributed by atoms with E-state index in [2.05, 4.69) is 5.32 Å². The number of nitrogens with one attached hydrogen (secondary N) is 1. The van der Waals surface area contributed by atoms with Crippen LogP contribution < -0.4 is 9.62 Å². The van der Waals surface area contributed by atoms with Crippen LogP contribution in [0.5, 0.6) is 0 Å². The Hall–Kier alpha value is -3.72. The minimum atomic E-state index is -4.23. The highest BCUT2D eigenvalue weighted by atomic mass is 32.2. The predicted molar refractivity (Wildman–Crippen MR) is 142 cm³/mol. The molecule has 0 spiro atoms. The Morgan fingerprint density at radius 3 is 2.19 bits per heavy atom. The van der Waals surface area contributed by atoms with Crippen LogP contribution in [0, 0.1) is 19.7 Å². The Morgan fingerprint density at radius 2 is 1.59 bits per heavy atom. The van der Waals surface area contributed by atoms with E-state index in [1.807, 2.05) is 38.1 Å². The summed E-state index contributed by atoms with van der Waals surface area (Å²) in [5, 5.41) is 2.73. The summed E-state index contributed by atoms with van der Waals surface area (Å²) in [6.45, 7) is 7.16. The fourth-order valence-corrected chi connectivity index (χ4v) is 5.30. The van der Waals surface area contributed by atoms with E-state index in [1.165, 1.54) is 4.90 Å². The van der Waals surface area contributed by atoms with Gasteiger partial charge in [-0.1, -0.05) is 47.5 Å². The summed E-state index contributed by atoms with van der Waals surface area (Å²) >= 11 is 0. The molecule has 7 nitrogen and oxygen atoms in total. The molecule has 0 aliphatic heterocycles. The molecule has 0 saturated heterocycles. The molecule has 1 atom stereocenters. The van der Waals surface area contributed by atoms with Crippen LogP contribution in [0.15, 0.2) is 77.7 Å². The first-order valence-corrected chi connectivity index (χ1v) is 13.4. The first kappa shape index (κ1) is 27.9. The average Bonchev–Trinajstić information content (AvgIpc) is 2.86. The predicted octanol–water partition coefficient (Wildman–Crippen LogP) is 4.19. The second-order valence-corrected chi connectivity index (χ2v) is 10.7. The molecule has 0 heterocycles. The molecular weight excluding hydrogens is 493 g/mol. The molecule has 1 unspecified atom stereocenters. The number of hydrogen-bond donors (Lipinski definition) is 1. The third-order valence-electron chi connectivity index (χ3n) is 5.96. The van der Waals surface area contributed by atoms with Crippen LogP contribution >= 0.6 is 0 Å². The topological polar surface area (TPSA) is 86.8 Å². The van der Waals surface area contributed by atoms with Gasteiger partial charge in [0.25, 0.3) is 10.0 Å².